The molecular weight excluding hydrogens is 344 g/mol. The van der Waals surface area contributed by atoms with E-state index >= 15 is 0 Å². The van der Waals surface area contributed by atoms with Crippen molar-refractivity contribution in [1.29, 1.82) is 0 Å². The fourth-order valence-electron chi connectivity index (χ4n) is 2.01. The number of carbonyl (C=O) groups is 1. The summed E-state index contributed by atoms with van der Waals surface area (Å²) in [7, 11) is 0. The first kappa shape index (κ1) is 17.9. The third-order valence-electron chi connectivity index (χ3n) is 3.13. The average molecular weight is 355 g/mol. The lowest BCUT2D eigenvalue weighted by Crippen LogP contribution is -2.35. The standard InChI is InChI=1S/C12H11F6N5O/c1-5-7(3-8(24)19-4-11(13,14)15)6(2)23-10(20-5)21-9(22-23)12(16,17)18/h3-4H2,1-2H3,(H,19,24). The molecule has 2 aromatic heterocycles. The Kier molecular flexibility index (Phi) is 4.42. The number of alkyl halides is 6. The quantitative estimate of drug-likeness (QED) is 0.855. The molecule has 0 saturated carbocycles. The van der Waals surface area contributed by atoms with E-state index in [2.05, 4.69) is 15.1 Å². The summed E-state index contributed by atoms with van der Waals surface area (Å²) in [5.74, 6) is -2.64. The van der Waals surface area contributed by atoms with Gasteiger partial charge in [-0.25, -0.2) is 9.50 Å². The van der Waals surface area contributed by atoms with Gasteiger partial charge in [0.15, 0.2) is 0 Å². The van der Waals surface area contributed by atoms with Crippen LogP contribution in [0.15, 0.2) is 0 Å². The van der Waals surface area contributed by atoms with Crippen molar-refractivity contribution in [2.75, 3.05) is 6.54 Å². The Morgan fingerprint density at radius 1 is 1.12 bits per heavy atom. The van der Waals surface area contributed by atoms with Crippen LogP contribution in [0, 0.1) is 13.8 Å². The first-order chi connectivity index (χ1) is 10.9. The van der Waals surface area contributed by atoms with Crippen molar-refractivity contribution >= 4 is 11.7 Å². The summed E-state index contributed by atoms with van der Waals surface area (Å²) < 4.78 is 75.0. The van der Waals surface area contributed by atoms with Crippen molar-refractivity contribution in [3.05, 3.63) is 22.8 Å². The lowest BCUT2D eigenvalue weighted by molar-refractivity contribution is -0.144. The number of amides is 1. The zero-order chi connectivity index (χ0) is 18.3. The number of nitrogens with one attached hydrogen (secondary N) is 1. The van der Waals surface area contributed by atoms with Gasteiger partial charge in [-0.15, -0.1) is 5.10 Å². The molecule has 0 fully saturated rings. The van der Waals surface area contributed by atoms with Crippen LogP contribution in [-0.4, -0.2) is 38.2 Å². The molecule has 6 nitrogen and oxygen atoms in total. The Hall–Kier alpha value is -2.40. The lowest BCUT2D eigenvalue weighted by atomic mass is 10.1. The maximum Gasteiger partial charge on any atom is 0.453 e. The van der Waals surface area contributed by atoms with E-state index in [1.807, 2.05) is 0 Å². The van der Waals surface area contributed by atoms with Crippen LogP contribution in [0.25, 0.3) is 5.78 Å². The molecule has 2 aromatic rings. The smallest absolute Gasteiger partial charge is 0.347 e. The zero-order valence-corrected chi connectivity index (χ0v) is 12.4. The van der Waals surface area contributed by atoms with Gasteiger partial charge >= 0.3 is 12.4 Å². The largest absolute Gasteiger partial charge is 0.453 e. The topological polar surface area (TPSA) is 72.2 Å². The number of carbonyl (C=O) groups excluding carboxylic acids is 1. The van der Waals surface area contributed by atoms with Crippen molar-refractivity contribution in [3.8, 4) is 0 Å². The molecule has 0 atom stereocenters. The summed E-state index contributed by atoms with van der Waals surface area (Å²) in [5, 5.41) is 4.97. The minimum Gasteiger partial charge on any atom is -0.347 e. The number of fused-ring (bicyclic) bond motifs is 1. The molecule has 1 amide bonds. The van der Waals surface area contributed by atoms with Crippen LogP contribution in [-0.2, 0) is 17.4 Å². The first-order valence-corrected chi connectivity index (χ1v) is 6.52. The Labute approximate surface area is 130 Å². The van der Waals surface area contributed by atoms with Crippen LogP contribution in [0.5, 0.6) is 0 Å². The predicted molar refractivity (Wildman–Crippen MR) is 68.0 cm³/mol. The summed E-state index contributed by atoms with van der Waals surface area (Å²) in [6.07, 6.45) is -9.80. The molecule has 0 aliphatic heterocycles. The highest BCUT2D eigenvalue weighted by molar-refractivity contribution is 5.79. The van der Waals surface area contributed by atoms with Gasteiger partial charge in [-0.1, -0.05) is 0 Å². The maximum absolute atomic E-state index is 12.6. The van der Waals surface area contributed by atoms with E-state index in [0.29, 0.717) is 0 Å². The minimum absolute atomic E-state index is 0.141. The van der Waals surface area contributed by atoms with Gasteiger partial charge in [-0.2, -0.15) is 31.3 Å². The van der Waals surface area contributed by atoms with Gasteiger partial charge in [0.05, 0.1) is 6.42 Å². The molecule has 0 aliphatic rings. The van der Waals surface area contributed by atoms with E-state index in [9.17, 15) is 31.1 Å². The van der Waals surface area contributed by atoms with Crippen LogP contribution in [0.3, 0.4) is 0 Å². The number of rotatable bonds is 3. The van der Waals surface area contributed by atoms with Gasteiger partial charge < -0.3 is 5.32 Å². The van der Waals surface area contributed by atoms with Gasteiger partial charge in [-0.3, -0.25) is 4.79 Å². The van der Waals surface area contributed by atoms with E-state index < -0.39 is 37.0 Å². The minimum atomic E-state index is -4.77. The molecule has 0 aromatic carbocycles. The second-order valence-corrected chi connectivity index (χ2v) is 4.97. The number of aryl methyl sites for hydroxylation is 2. The van der Waals surface area contributed by atoms with E-state index in [1.165, 1.54) is 13.8 Å². The molecule has 1 N–H and O–H groups in total. The zero-order valence-electron chi connectivity index (χ0n) is 12.4. The molecule has 12 heteroatoms. The lowest BCUT2D eigenvalue weighted by Gasteiger charge is -2.11. The molecular formula is C12H11F6N5O. The number of hydrogen-bond donors (Lipinski definition) is 1. The highest BCUT2D eigenvalue weighted by Crippen LogP contribution is 2.27. The molecule has 2 heterocycles. The number of nitrogens with zero attached hydrogens (tertiary/aromatic N) is 4. The fraction of sp³-hybridized carbons (Fsp3) is 0.500. The van der Waals surface area contributed by atoms with Gasteiger partial charge in [0.1, 0.15) is 6.54 Å². The van der Waals surface area contributed by atoms with Crippen LogP contribution in [0.2, 0.25) is 0 Å². The summed E-state index contributed by atoms with van der Waals surface area (Å²) in [5.41, 5.74) is 0.506. The van der Waals surface area contributed by atoms with Crippen molar-refractivity contribution < 1.29 is 31.1 Å². The van der Waals surface area contributed by atoms with Gasteiger partial charge in [0.25, 0.3) is 11.6 Å². The molecule has 0 radical (unpaired) electrons. The van der Waals surface area contributed by atoms with Gasteiger partial charge in [0.2, 0.25) is 5.91 Å². The Bertz CT molecular complexity index is 779. The first-order valence-electron chi connectivity index (χ1n) is 6.52. The van der Waals surface area contributed by atoms with Crippen LogP contribution < -0.4 is 5.32 Å². The van der Waals surface area contributed by atoms with Crippen LogP contribution in [0.4, 0.5) is 26.3 Å². The molecule has 132 valence electrons. The Morgan fingerprint density at radius 3 is 2.29 bits per heavy atom. The van der Waals surface area contributed by atoms with E-state index in [-0.39, 0.29) is 22.7 Å². The Morgan fingerprint density at radius 2 is 1.75 bits per heavy atom. The second-order valence-electron chi connectivity index (χ2n) is 4.97. The van der Waals surface area contributed by atoms with Crippen LogP contribution >= 0.6 is 0 Å². The highest BCUT2D eigenvalue weighted by atomic mass is 19.4. The molecule has 0 aliphatic carbocycles. The predicted octanol–water partition coefficient (Wildman–Crippen LogP) is 1.98. The molecule has 24 heavy (non-hydrogen) atoms. The molecule has 2 rings (SSSR count). The summed E-state index contributed by atoms with van der Waals surface area (Å²) in [6, 6.07) is 0. The van der Waals surface area contributed by atoms with Crippen LogP contribution in [0.1, 0.15) is 22.8 Å². The average Bonchev–Trinajstić information content (AvgIpc) is 2.84. The van der Waals surface area contributed by atoms with Crippen molar-refractivity contribution in [2.45, 2.75) is 32.6 Å². The van der Waals surface area contributed by atoms with E-state index in [4.69, 9.17) is 0 Å². The van der Waals surface area contributed by atoms with Crippen molar-refractivity contribution in [2.24, 2.45) is 0 Å². The maximum atomic E-state index is 12.6. The fourth-order valence-corrected chi connectivity index (χ4v) is 2.01. The van der Waals surface area contributed by atoms with E-state index in [1.54, 1.807) is 5.32 Å². The Balaban J connectivity index is 2.32. The molecule has 0 saturated heterocycles. The van der Waals surface area contributed by atoms with E-state index in [0.717, 1.165) is 4.52 Å². The van der Waals surface area contributed by atoms with Gasteiger partial charge in [-0.05, 0) is 13.8 Å². The molecule has 0 bridgehead atoms. The second kappa shape index (κ2) is 5.91. The number of hydrogen-bond acceptors (Lipinski definition) is 4. The third kappa shape index (κ3) is 3.92. The summed E-state index contributed by atoms with van der Waals surface area (Å²) in [6.45, 7) is 1.30. The SMILES string of the molecule is Cc1nc2nc(C(F)(F)F)nn2c(C)c1CC(=O)NCC(F)(F)F. The highest BCUT2D eigenvalue weighted by Gasteiger charge is 2.37. The molecule has 0 spiro atoms. The summed E-state index contributed by atoms with van der Waals surface area (Å²) in [4.78, 5) is 18.7. The number of halogens is 6. The van der Waals surface area contributed by atoms with Crippen molar-refractivity contribution in [3.63, 3.8) is 0 Å². The van der Waals surface area contributed by atoms with Crippen molar-refractivity contribution in [1.82, 2.24) is 24.9 Å². The third-order valence-corrected chi connectivity index (χ3v) is 3.13. The summed E-state index contributed by atoms with van der Waals surface area (Å²) >= 11 is 0. The monoisotopic (exact) mass is 355 g/mol. The number of aromatic nitrogens is 4. The van der Waals surface area contributed by atoms with Gasteiger partial charge in [0, 0.05) is 17.0 Å². The molecule has 0 unspecified atom stereocenters. The normalized spacial score (nSPS) is 12.7.